The molecule has 4 heteroatoms. The molecule has 0 unspecified atom stereocenters. The summed E-state index contributed by atoms with van der Waals surface area (Å²) in [4.78, 5) is 34.6. The van der Waals surface area contributed by atoms with Crippen LogP contribution in [-0.2, 0) is 9.53 Å². The fourth-order valence-electron chi connectivity index (χ4n) is 2.12. The highest BCUT2D eigenvalue weighted by molar-refractivity contribution is 6.07. The van der Waals surface area contributed by atoms with E-state index in [-0.39, 0.29) is 12.2 Å². The second-order valence-corrected chi connectivity index (χ2v) is 6.13. The molecule has 0 spiro atoms. The summed E-state index contributed by atoms with van der Waals surface area (Å²) >= 11 is 0. The summed E-state index contributed by atoms with van der Waals surface area (Å²) in [7, 11) is 0. The minimum Gasteiger partial charge on any atom is -0.460 e. The maximum atomic E-state index is 12.2. The van der Waals surface area contributed by atoms with Crippen molar-refractivity contribution >= 4 is 28.8 Å². The number of fused-ring (bicyclic) bond motifs is 1. The van der Waals surface area contributed by atoms with Crippen LogP contribution in [0, 0.1) is 0 Å². The van der Waals surface area contributed by atoms with Crippen LogP contribution in [0.5, 0.6) is 0 Å². The number of carbonyl (C=O) groups is 3. The molecule has 0 saturated carbocycles. The topological polar surface area (TPSA) is 60.4 Å². The van der Waals surface area contributed by atoms with Crippen LogP contribution in [0.3, 0.4) is 0 Å². The van der Waals surface area contributed by atoms with E-state index in [2.05, 4.69) is 0 Å². The number of esters is 1. The van der Waals surface area contributed by atoms with Gasteiger partial charge < -0.3 is 4.74 Å². The van der Waals surface area contributed by atoms with E-state index in [9.17, 15) is 14.4 Å². The summed E-state index contributed by atoms with van der Waals surface area (Å²) in [6.45, 7) is 5.28. The van der Waals surface area contributed by atoms with Crippen molar-refractivity contribution in [3.63, 3.8) is 0 Å². The molecule has 4 nitrogen and oxygen atoms in total. The molecule has 0 radical (unpaired) electrons. The van der Waals surface area contributed by atoms with Gasteiger partial charge in [-0.05, 0) is 43.7 Å². The van der Waals surface area contributed by atoms with Crippen molar-refractivity contribution in [2.75, 3.05) is 0 Å². The third kappa shape index (κ3) is 4.01. The van der Waals surface area contributed by atoms with Gasteiger partial charge >= 0.3 is 5.97 Å². The number of Topliss-reactive ketones (excluding diaryl/α,β-unsaturated/α-hetero) is 1. The second-order valence-electron chi connectivity index (χ2n) is 6.13. The first kappa shape index (κ1) is 15.9. The first-order valence-corrected chi connectivity index (χ1v) is 7.02. The van der Waals surface area contributed by atoms with Gasteiger partial charge in [-0.25, -0.2) is 0 Å². The summed E-state index contributed by atoms with van der Waals surface area (Å²) in [6.07, 6.45) is 0.496. The van der Waals surface area contributed by atoms with Crippen LogP contribution in [0.25, 0.3) is 10.8 Å². The standard InChI is InChI=1S/C18H18O4/c1-18(2,3)22-17(21)10-16(20)15-7-6-13-8-12(11-19)4-5-14(13)9-15/h4-9,11H,10H2,1-3H3. The Balaban J connectivity index is 2.18. The molecular formula is C18H18O4. The second kappa shape index (κ2) is 6.10. The van der Waals surface area contributed by atoms with Gasteiger partial charge in [-0.3, -0.25) is 14.4 Å². The van der Waals surface area contributed by atoms with Gasteiger partial charge in [-0.2, -0.15) is 0 Å². The molecule has 0 saturated heterocycles. The molecule has 0 heterocycles. The van der Waals surface area contributed by atoms with Crippen molar-refractivity contribution in [1.29, 1.82) is 0 Å². The Bertz CT molecular complexity index is 738. The largest absolute Gasteiger partial charge is 0.460 e. The normalized spacial score (nSPS) is 11.2. The number of aldehydes is 1. The maximum Gasteiger partial charge on any atom is 0.314 e. The van der Waals surface area contributed by atoms with E-state index in [1.165, 1.54) is 0 Å². The van der Waals surface area contributed by atoms with E-state index in [4.69, 9.17) is 4.74 Å². The number of carbonyl (C=O) groups excluding carboxylic acids is 3. The Morgan fingerprint density at radius 3 is 2.32 bits per heavy atom. The Hall–Kier alpha value is -2.49. The molecule has 114 valence electrons. The molecule has 2 aromatic rings. The molecule has 0 bridgehead atoms. The van der Waals surface area contributed by atoms with Gasteiger partial charge in [-0.1, -0.05) is 24.3 Å². The lowest BCUT2D eigenvalue weighted by atomic mass is 10.0. The molecule has 0 aliphatic heterocycles. The number of ketones is 1. The number of hydrogen-bond acceptors (Lipinski definition) is 4. The predicted octanol–water partition coefficient (Wildman–Crippen LogP) is 3.57. The highest BCUT2D eigenvalue weighted by atomic mass is 16.6. The van der Waals surface area contributed by atoms with E-state index in [0.717, 1.165) is 17.1 Å². The summed E-state index contributed by atoms with van der Waals surface area (Å²) in [5.74, 6) is -0.815. The van der Waals surface area contributed by atoms with Crippen molar-refractivity contribution in [3.8, 4) is 0 Å². The quantitative estimate of drug-likeness (QED) is 0.375. The smallest absolute Gasteiger partial charge is 0.314 e. The Morgan fingerprint density at radius 2 is 1.68 bits per heavy atom. The molecule has 0 amide bonds. The zero-order valence-electron chi connectivity index (χ0n) is 12.9. The number of benzene rings is 2. The van der Waals surface area contributed by atoms with Gasteiger partial charge in [0.15, 0.2) is 5.78 Å². The predicted molar refractivity (Wildman–Crippen MR) is 84.1 cm³/mol. The van der Waals surface area contributed by atoms with Crippen LogP contribution in [0.4, 0.5) is 0 Å². The summed E-state index contributed by atoms with van der Waals surface area (Å²) in [6, 6.07) is 10.4. The number of ether oxygens (including phenoxy) is 1. The molecule has 0 aliphatic carbocycles. The SMILES string of the molecule is CC(C)(C)OC(=O)CC(=O)c1ccc2cc(C=O)ccc2c1. The van der Waals surface area contributed by atoms with E-state index in [1.54, 1.807) is 57.2 Å². The van der Waals surface area contributed by atoms with Crippen molar-refractivity contribution in [1.82, 2.24) is 0 Å². The van der Waals surface area contributed by atoms with Crippen LogP contribution < -0.4 is 0 Å². The van der Waals surface area contributed by atoms with Gasteiger partial charge in [0.25, 0.3) is 0 Å². The van der Waals surface area contributed by atoms with Gasteiger partial charge in [0.1, 0.15) is 18.3 Å². The van der Waals surface area contributed by atoms with Crippen LogP contribution in [0.2, 0.25) is 0 Å². The van der Waals surface area contributed by atoms with Crippen LogP contribution in [0.1, 0.15) is 47.9 Å². The highest BCUT2D eigenvalue weighted by Gasteiger charge is 2.19. The molecule has 0 aromatic heterocycles. The lowest BCUT2D eigenvalue weighted by Crippen LogP contribution is -2.25. The summed E-state index contributed by atoms with van der Waals surface area (Å²) in [5.41, 5.74) is 0.434. The van der Waals surface area contributed by atoms with Crippen LogP contribution in [0.15, 0.2) is 36.4 Å². The third-order valence-electron chi connectivity index (χ3n) is 3.05. The van der Waals surface area contributed by atoms with Gasteiger partial charge in [0.2, 0.25) is 0 Å². The lowest BCUT2D eigenvalue weighted by molar-refractivity contribution is -0.153. The zero-order chi connectivity index (χ0) is 16.3. The first-order valence-electron chi connectivity index (χ1n) is 7.02. The van der Waals surface area contributed by atoms with Crippen LogP contribution >= 0.6 is 0 Å². The molecule has 0 aliphatic rings. The molecule has 22 heavy (non-hydrogen) atoms. The molecule has 2 aromatic carbocycles. The Labute approximate surface area is 129 Å². The Kier molecular flexibility index (Phi) is 4.40. The molecule has 2 rings (SSSR count). The van der Waals surface area contributed by atoms with E-state index in [1.807, 2.05) is 0 Å². The lowest BCUT2D eigenvalue weighted by Gasteiger charge is -2.19. The molecule has 0 atom stereocenters. The van der Waals surface area contributed by atoms with E-state index >= 15 is 0 Å². The first-order chi connectivity index (χ1) is 10.3. The summed E-state index contributed by atoms with van der Waals surface area (Å²) < 4.78 is 5.15. The van der Waals surface area contributed by atoms with E-state index < -0.39 is 11.6 Å². The van der Waals surface area contributed by atoms with Crippen molar-refractivity contribution in [2.45, 2.75) is 32.8 Å². The Morgan fingerprint density at radius 1 is 1.05 bits per heavy atom. The van der Waals surface area contributed by atoms with Crippen molar-refractivity contribution in [2.24, 2.45) is 0 Å². The fourth-order valence-corrected chi connectivity index (χ4v) is 2.12. The van der Waals surface area contributed by atoms with Gasteiger partial charge in [-0.15, -0.1) is 0 Å². The van der Waals surface area contributed by atoms with Crippen LogP contribution in [-0.4, -0.2) is 23.6 Å². The number of rotatable bonds is 4. The van der Waals surface area contributed by atoms with Gasteiger partial charge in [0.05, 0.1) is 0 Å². The number of hydrogen-bond donors (Lipinski definition) is 0. The fraction of sp³-hybridized carbons (Fsp3) is 0.278. The van der Waals surface area contributed by atoms with E-state index in [0.29, 0.717) is 11.1 Å². The van der Waals surface area contributed by atoms with Crippen molar-refractivity contribution < 1.29 is 19.1 Å². The minimum absolute atomic E-state index is 0.282. The summed E-state index contributed by atoms with van der Waals surface area (Å²) in [5, 5.41) is 1.72. The molecular weight excluding hydrogens is 280 g/mol. The average Bonchev–Trinajstić information content (AvgIpc) is 2.43. The maximum absolute atomic E-state index is 12.2. The monoisotopic (exact) mass is 298 g/mol. The highest BCUT2D eigenvalue weighted by Crippen LogP contribution is 2.19. The molecule has 0 N–H and O–H groups in total. The average molecular weight is 298 g/mol. The third-order valence-corrected chi connectivity index (χ3v) is 3.05. The van der Waals surface area contributed by atoms with Gasteiger partial charge in [0, 0.05) is 11.1 Å². The van der Waals surface area contributed by atoms with Crippen molar-refractivity contribution in [3.05, 3.63) is 47.5 Å². The molecule has 0 fully saturated rings. The minimum atomic E-state index is -0.605. The zero-order valence-corrected chi connectivity index (χ0v) is 12.9.